The fourth-order valence-electron chi connectivity index (χ4n) is 4.37. The van der Waals surface area contributed by atoms with Crippen LogP contribution in [0.2, 0.25) is 0 Å². The van der Waals surface area contributed by atoms with E-state index in [4.69, 9.17) is 5.73 Å². The number of primary amides is 1. The molecule has 6 heteroatoms. The standard InChI is InChI=1S/C19H23FN4O/c20-15-4-1-3-14-16(6-9-22-18(14)15)23-11-7-13(8-12-23)24-10-2-5-17(24)19(21)25/h1,3-4,6,9,13,17H,2,5,7-8,10-12H2,(H2,21,25). The highest BCUT2D eigenvalue weighted by Gasteiger charge is 2.35. The third-order valence-corrected chi connectivity index (χ3v) is 5.60. The summed E-state index contributed by atoms with van der Waals surface area (Å²) in [6.07, 6.45) is 5.58. The first-order valence-corrected chi connectivity index (χ1v) is 8.98. The van der Waals surface area contributed by atoms with Gasteiger partial charge >= 0.3 is 0 Å². The lowest BCUT2D eigenvalue weighted by Gasteiger charge is -2.39. The SMILES string of the molecule is NC(=O)C1CCCN1C1CCN(c2ccnc3c(F)cccc23)CC1. The molecule has 2 aromatic rings. The van der Waals surface area contributed by atoms with Crippen LogP contribution in [0.3, 0.4) is 0 Å². The van der Waals surface area contributed by atoms with Gasteiger partial charge in [-0.1, -0.05) is 12.1 Å². The van der Waals surface area contributed by atoms with Crippen molar-refractivity contribution in [1.82, 2.24) is 9.88 Å². The number of carbonyl (C=O) groups is 1. The number of hydrogen-bond donors (Lipinski definition) is 1. The van der Waals surface area contributed by atoms with Crippen molar-refractivity contribution >= 4 is 22.5 Å². The molecular formula is C19H23FN4O. The van der Waals surface area contributed by atoms with Crippen molar-refractivity contribution in [3.63, 3.8) is 0 Å². The summed E-state index contributed by atoms with van der Waals surface area (Å²) in [5.41, 5.74) is 7.02. The number of fused-ring (bicyclic) bond motifs is 1. The number of aromatic nitrogens is 1. The summed E-state index contributed by atoms with van der Waals surface area (Å²) in [5.74, 6) is -0.480. The van der Waals surface area contributed by atoms with E-state index in [-0.39, 0.29) is 17.8 Å². The maximum atomic E-state index is 14.0. The number of amides is 1. The molecule has 2 saturated heterocycles. The van der Waals surface area contributed by atoms with Crippen molar-refractivity contribution in [2.24, 2.45) is 5.73 Å². The molecule has 1 aromatic carbocycles. The van der Waals surface area contributed by atoms with Crippen LogP contribution in [0.15, 0.2) is 30.5 Å². The summed E-state index contributed by atoms with van der Waals surface area (Å²) in [7, 11) is 0. The number of nitrogens with zero attached hydrogens (tertiary/aromatic N) is 3. The van der Waals surface area contributed by atoms with Gasteiger partial charge in [-0.3, -0.25) is 14.7 Å². The third kappa shape index (κ3) is 2.95. The van der Waals surface area contributed by atoms with E-state index in [2.05, 4.69) is 14.8 Å². The molecule has 0 spiro atoms. The Balaban J connectivity index is 1.51. The van der Waals surface area contributed by atoms with Crippen LogP contribution in [0.5, 0.6) is 0 Å². The van der Waals surface area contributed by atoms with Crippen LogP contribution in [0.4, 0.5) is 10.1 Å². The minimum Gasteiger partial charge on any atom is -0.371 e. The number of rotatable bonds is 3. The smallest absolute Gasteiger partial charge is 0.234 e. The monoisotopic (exact) mass is 342 g/mol. The fraction of sp³-hybridized carbons (Fsp3) is 0.474. The number of benzene rings is 1. The highest BCUT2D eigenvalue weighted by molar-refractivity contribution is 5.91. The maximum absolute atomic E-state index is 14.0. The molecule has 2 aliphatic rings. The van der Waals surface area contributed by atoms with E-state index in [1.807, 2.05) is 12.1 Å². The van der Waals surface area contributed by atoms with Crippen LogP contribution in [-0.2, 0) is 4.79 Å². The number of para-hydroxylation sites is 1. The Morgan fingerprint density at radius 2 is 1.96 bits per heavy atom. The van der Waals surface area contributed by atoms with Crippen molar-refractivity contribution in [3.05, 3.63) is 36.3 Å². The van der Waals surface area contributed by atoms with Gasteiger partial charge in [0.25, 0.3) is 0 Å². The number of anilines is 1. The molecule has 1 aromatic heterocycles. The van der Waals surface area contributed by atoms with Gasteiger partial charge in [-0.15, -0.1) is 0 Å². The summed E-state index contributed by atoms with van der Waals surface area (Å²) in [6.45, 7) is 2.74. The Hall–Kier alpha value is -2.21. The third-order valence-electron chi connectivity index (χ3n) is 5.60. The van der Waals surface area contributed by atoms with Crippen molar-refractivity contribution in [3.8, 4) is 0 Å². The molecule has 1 unspecified atom stereocenters. The van der Waals surface area contributed by atoms with Crippen LogP contribution >= 0.6 is 0 Å². The minimum absolute atomic E-state index is 0.104. The van der Waals surface area contributed by atoms with E-state index in [0.29, 0.717) is 11.6 Å². The molecule has 2 aliphatic heterocycles. The van der Waals surface area contributed by atoms with E-state index in [1.165, 1.54) is 6.07 Å². The second-order valence-electron chi connectivity index (χ2n) is 6.98. The molecule has 4 rings (SSSR count). The van der Waals surface area contributed by atoms with Gasteiger partial charge in [0, 0.05) is 36.4 Å². The van der Waals surface area contributed by atoms with Gasteiger partial charge in [-0.05, 0) is 44.4 Å². The van der Waals surface area contributed by atoms with Crippen LogP contribution in [-0.4, -0.2) is 47.5 Å². The van der Waals surface area contributed by atoms with Gasteiger partial charge in [0.1, 0.15) is 11.3 Å². The van der Waals surface area contributed by atoms with Gasteiger partial charge in [-0.25, -0.2) is 4.39 Å². The maximum Gasteiger partial charge on any atom is 0.234 e. The second kappa shape index (κ2) is 6.59. The van der Waals surface area contributed by atoms with Gasteiger partial charge in [0.05, 0.1) is 6.04 Å². The molecule has 0 radical (unpaired) electrons. The predicted molar refractivity (Wildman–Crippen MR) is 95.9 cm³/mol. The summed E-state index contributed by atoms with van der Waals surface area (Å²) in [4.78, 5) is 20.4. The van der Waals surface area contributed by atoms with Gasteiger partial charge < -0.3 is 10.6 Å². The van der Waals surface area contributed by atoms with Crippen molar-refractivity contribution in [2.75, 3.05) is 24.5 Å². The zero-order valence-corrected chi connectivity index (χ0v) is 14.2. The highest BCUT2D eigenvalue weighted by Crippen LogP contribution is 2.31. The van der Waals surface area contributed by atoms with E-state index in [9.17, 15) is 9.18 Å². The summed E-state index contributed by atoms with van der Waals surface area (Å²) < 4.78 is 14.0. The molecule has 2 N–H and O–H groups in total. The van der Waals surface area contributed by atoms with Crippen LogP contribution < -0.4 is 10.6 Å². The first-order chi connectivity index (χ1) is 12.1. The minimum atomic E-state index is -0.282. The number of carbonyl (C=O) groups excluding carboxylic acids is 1. The van der Waals surface area contributed by atoms with Gasteiger partial charge in [0.2, 0.25) is 5.91 Å². The Morgan fingerprint density at radius 1 is 1.16 bits per heavy atom. The van der Waals surface area contributed by atoms with E-state index in [1.54, 1.807) is 12.3 Å². The van der Waals surface area contributed by atoms with E-state index < -0.39 is 0 Å². The molecule has 0 aliphatic carbocycles. The molecule has 1 amide bonds. The lowest BCUT2D eigenvalue weighted by Crippen LogP contribution is -2.50. The van der Waals surface area contributed by atoms with Crippen molar-refractivity contribution < 1.29 is 9.18 Å². The van der Waals surface area contributed by atoms with Crippen molar-refractivity contribution in [2.45, 2.75) is 37.8 Å². The Bertz CT molecular complexity index is 788. The number of hydrogen-bond acceptors (Lipinski definition) is 4. The van der Waals surface area contributed by atoms with Crippen LogP contribution in [0, 0.1) is 5.82 Å². The molecule has 132 valence electrons. The molecule has 0 saturated carbocycles. The predicted octanol–water partition coefficient (Wildman–Crippen LogP) is 2.29. The van der Waals surface area contributed by atoms with E-state index >= 15 is 0 Å². The number of halogens is 1. The largest absolute Gasteiger partial charge is 0.371 e. The molecule has 5 nitrogen and oxygen atoms in total. The summed E-state index contributed by atoms with van der Waals surface area (Å²) >= 11 is 0. The highest BCUT2D eigenvalue weighted by atomic mass is 19.1. The molecular weight excluding hydrogens is 319 g/mol. The molecule has 25 heavy (non-hydrogen) atoms. The number of likely N-dealkylation sites (tertiary alicyclic amines) is 1. The Kier molecular flexibility index (Phi) is 4.29. The number of pyridine rings is 1. The fourth-order valence-corrected chi connectivity index (χ4v) is 4.37. The molecule has 1 atom stereocenters. The molecule has 3 heterocycles. The normalized spacial score (nSPS) is 22.6. The lowest BCUT2D eigenvalue weighted by atomic mass is 10.0. The second-order valence-corrected chi connectivity index (χ2v) is 6.98. The molecule has 2 fully saturated rings. The topological polar surface area (TPSA) is 62.5 Å². The first-order valence-electron chi connectivity index (χ1n) is 8.98. The van der Waals surface area contributed by atoms with Gasteiger partial charge in [0.15, 0.2) is 0 Å². The summed E-state index contributed by atoms with van der Waals surface area (Å²) in [6, 6.07) is 7.37. The van der Waals surface area contributed by atoms with Crippen molar-refractivity contribution in [1.29, 1.82) is 0 Å². The quantitative estimate of drug-likeness (QED) is 0.930. The van der Waals surface area contributed by atoms with E-state index in [0.717, 1.165) is 56.4 Å². The lowest BCUT2D eigenvalue weighted by molar-refractivity contribution is -0.123. The average Bonchev–Trinajstić information content (AvgIpc) is 3.12. The average molecular weight is 342 g/mol. The van der Waals surface area contributed by atoms with Crippen LogP contribution in [0.25, 0.3) is 10.9 Å². The number of nitrogens with two attached hydrogens (primary N) is 1. The Morgan fingerprint density at radius 3 is 2.72 bits per heavy atom. The molecule has 0 bridgehead atoms. The van der Waals surface area contributed by atoms with Crippen LogP contribution in [0.1, 0.15) is 25.7 Å². The number of piperidine rings is 1. The Labute approximate surface area is 146 Å². The van der Waals surface area contributed by atoms with Gasteiger partial charge in [-0.2, -0.15) is 0 Å². The first kappa shape index (κ1) is 16.3. The zero-order valence-electron chi connectivity index (χ0n) is 14.2. The zero-order chi connectivity index (χ0) is 17.4. The summed E-state index contributed by atoms with van der Waals surface area (Å²) in [5, 5.41) is 0.858.